The van der Waals surface area contributed by atoms with Crippen molar-refractivity contribution in [2.24, 2.45) is 28.1 Å². The Kier molecular flexibility index (Phi) is 13.2. The fraction of sp³-hybridized carbons (Fsp3) is 0.658. The van der Waals surface area contributed by atoms with Gasteiger partial charge in [-0.1, -0.05) is 93.0 Å². The molecule has 1 aromatic rings. The zero-order chi connectivity index (χ0) is 39.6. The molecule has 0 bridgehead atoms. The summed E-state index contributed by atoms with van der Waals surface area (Å²) in [6.45, 7) is 22.7. The second-order valence-electron chi connectivity index (χ2n) is 17.0. The van der Waals surface area contributed by atoms with E-state index in [-0.39, 0.29) is 41.7 Å². The molecule has 1 aromatic carbocycles. The number of carbonyl (C=O) groups is 5. The molecule has 1 heterocycles. The van der Waals surface area contributed by atoms with Crippen LogP contribution in [0.5, 0.6) is 0 Å². The maximum Gasteiger partial charge on any atom is 0.315 e. The molecule has 5 amide bonds. The van der Waals surface area contributed by atoms with E-state index in [1.54, 1.807) is 31.2 Å². The minimum Gasteiger partial charge on any atom is -0.346 e. The zero-order valence-electron chi connectivity index (χ0n) is 32.8. The molecule has 1 saturated carbocycles. The van der Waals surface area contributed by atoms with Crippen LogP contribution in [0.2, 0.25) is 0 Å². The van der Waals surface area contributed by atoms with Gasteiger partial charge in [-0.25, -0.2) is 13.2 Å². The van der Waals surface area contributed by atoms with Gasteiger partial charge in [0.2, 0.25) is 27.6 Å². The Morgan fingerprint density at radius 3 is 2.17 bits per heavy atom. The molecule has 1 aliphatic carbocycles. The second kappa shape index (κ2) is 16.1. The number of rotatable bonds is 15. The quantitative estimate of drug-likeness (QED) is 0.157. The van der Waals surface area contributed by atoms with Crippen LogP contribution in [0.25, 0.3) is 0 Å². The summed E-state index contributed by atoms with van der Waals surface area (Å²) in [5.74, 6) is -2.69. The summed E-state index contributed by atoms with van der Waals surface area (Å²) in [7, 11) is -2.40. The van der Waals surface area contributed by atoms with E-state index >= 15 is 0 Å². The van der Waals surface area contributed by atoms with Gasteiger partial charge in [-0.15, -0.1) is 6.58 Å². The molecule has 4 N–H and O–H groups in total. The lowest BCUT2D eigenvalue weighted by Gasteiger charge is -2.39. The first-order valence-corrected chi connectivity index (χ1v) is 19.5. The lowest BCUT2D eigenvalue weighted by Crippen LogP contribution is -2.62. The summed E-state index contributed by atoms with van der Waals surface area (Å²) >= 11 is 0. The Morgan fingerprint density at radius 1 is 1.02 bits per heavy atom. The van der Waals surface area contributed by atoms with Crippen molar-refractivity contribution in [1.29, 1.82) is 0 Å². The average Bonchev–Trinajstić information content (AvgIpc) is 3.35. The van der Waals surface area contributed by atoms with Gasteiger partial charge in [-0.05, 0) is 53.1 Å². The van der Waals surface area contributed by atoms with Gasteiger partial charge in [0, 0.05) is 32.7 Å². The van der Waals surface area contributed by atoms with Crippen LogP contribution in [0.3, 0.4) is 0 Å². The van der Waals surface area contributed by atoms with Crippen molar-refractivity contribution in [3.63, 3.8) is 0 Å². The van der Waals surface area contributed by atoms with Crippen molar-refractivity contribution < 1.29 is 32.4 Å². The Bertz CT molecular complexity index is 1640. The summed E-state index contributed by atoms with van der Waals surface area (Å²) in [4.78, 5) is 69.4. The SMILES string of the molecule is C=CCNC(=O)C(=O)C(CCC)NC(=O)[C@@H]1[C@@H]2[C@H](CN1C(=O)[C@@H](NC(=O)N[C@H](CN(C)S(=O)(=O)c1ccccc1C)C(C)(C)C)C(C)(C)C)C2(C)C. The fourth-order valence-electron chi connectivity index (χ4n) is 7.09. The predicted molar refractivity (Wildman–Crippen MR) is 200 cm³/mol. The smallest absolute Gasteiger partial charge is 0.315 e. The number of nitrogens with one attached hydrogen (secondary N) is 4. The van der Waals surface area contributed by atoms with Gasteiger partial charge in [0.25, 0.3) is 5.91 Å². The Hall–Kier alpha value is -3.78. The summed E-state index contributed by atoms with van der Waals surface area (Å²) in [5, 5.41) is 11.0. The van der Waals surface area contributed by atoms with Crippen LogP contribution in [-0.4, -0.2) is 98.0 Å². The number of amides is 5. The number of likely N-dealkylation sites (N-methyl/N-ethyl adjacent to an activating group) is 1. The Labute approximate surface area is 310 Å². The highest BCUT2D eigenvalue weighted by atomic mass is 32.2. The van der Waals surface area contributed by atoms with Gasteiger partial charge in [-0.3, -0.25) is 19.2 Å². The normalized spacial score (nSPS) is 21.3. The first kappa shape index (κ1) is 42.6. The highest BCUT2D eigenvalue weighted by molar-refractivity contribution is 7.89. The molecule has 1 unspecified atom stereocenters. The van der Waals surface area contributed by atoms with Gasteiger partial charge in [0.15, 0.2) is 0 Å². The molecule has 0 spiro atoms. The first-order valence-electron chi connectivity index (χ1n) is 18.0. The maximum atomic E-state index is 14.4. The van der Waals surface area contributed by atoms with Crippen LogP contribution in [-0.2, 0) is 29.2 Å². The third kappa shape index (κ3) is 9.41. The summed E-state index contributed by atoms with van der Waals surface area (Å²) in [5.41, 5.74) is -0.981. The van der Waals surface area contributed by atoms with Gasteiger partial charge < -0.3 is 26.2 Å². The molecule has 1 aliphatic heterocycles. The van der Waals surface area contributed by atoms with Crippen molar-refractivity contribution in [3.8, 4) is 0 Å². The number of urea groups is 1. The van der Waals surface area contributed by atoms with Crippen molar-refractivity contribution in [2.45, 2.75) is 111 Å². The lowest BCUT2D eigenvalue weighted by molar-refractivity contribution is -0.145. The third-order valence-electron chi connectivity index (χ3n) is 10.6. The number of hydrogen-bond acceptors (Lipinski definition) is 7. The topological polar surface area (TPSA) is 174 Å². The zero-order valence-corrected chi connectivity index (χ0v) is 33.6. The molecule has 6 atom stereocenters. The van der Waals surface area contributed by atoms with E-state index in [4.69, 9.17) is 0 Å². The average molecular weight is 745 g/mol. The number of aryl methyl sites for hydroxylation is 1. The number of ketones is 1. The number of nitrogens with zero attached hydrogens (tertiary/aromatic N) is 2. The van der Waals surface area contributed by atoms with Crippen LogP contribution in [0.15, 0.2) is 41.8 Å². The van der Waals surface area contributed by atoms with Crippen LogP contribution in [0.1, 0.15) is 80.7 Å². The molecule has 290 valence electrons. The number of hydrogen-bond donors (Lipinski definition) is 4. The number of benzene rings is 1. The summed E-state index contributed by atoms with van der Waals surface area (Å²) < 4.78 is 28.2. The Balaban J connectivity index is 1.84. The molecule has 0 radical (unpaired) electrons. The molecule has 1 saturated heterocycles. The van der Waals surface area contributed by atoms with Crippen LogP contribution < -0.4 is 21.3 Å². The van der Waals surface area contributed by atoms with E-state index in [9.17, 15) is 32.4 Å². The van der Waals surface area contributed by atoms with Crippen LogP contribution >= 0.6 is 0 Å². The molecule has 14 heteroatoms. The second-order valence-corrected chi connectivity index (χ2v) is 19.0. The van der Waals surface area contributed by atoms with E-state index in [2.05, 4.69) is 27.8 Å². The van der Waals surface area contributed by atoms with E-state index in [1.165, 1.54) is 22.3 Å². The monoisotopic (exact) mass is 744 g/mol. The van der Waals surface area contributed by atoms with Crippen molar-refractivity contribution in [2.75, 3.05) is 26.7 Å². The first-order chi connectivity index (χ1) is 23.9. The van der Waals surface area contributed by atoms with E-state index in [0.29, 0.717) is 18.5 Å². The highest BCUT2D eigenvalue weighted by Gasteiger charge is 2.70. The molecule has 3 rings (SSSR count). The predicted octanol–water partition coefficient (Wildman–Crippen LogP) is 3.38. The third-order valence-corrected chi connectivity index (χ3v) is 12.5. The molecular weight excluding hydrogens is 685 g/mol. The highest BCUT2D eigenvalue weighted by Crippen LogP contribution is 2.65. The number of carbonyl (C=O) groups excluding carboxylic acids is 5. The lowest BCUT2D eigenvalue weighted by atomic mass is 9.85. The molecule has 2 aliphatic rings. The molecule has 0 aromatic heterocycles. The van der Waals surface area contributed by atoms with Crippen molar-refractivity contribution >= 4 is 39.6 Å². The largest absolute Gasteiger partial charge is 0.346 e. The summed E-state index contributed by atoms with van der Waals surface area (Å²) in [6, 6.07) is 2.37. The van der Waals surface area contributed by atoms with Crippen LogP contribution in [0.4, 0.5) is 4.79 Å². The van der Waals surface area contributed by atoms with Crippen molar-refractivity contribution in [3.05, 3.63) is 42.5 Å². The molecule has 13 nitrogen and oxygen atoms in total. The molecular formula is C38H60N6O7S. The van der Waals surface area contributed by atoms with Gasteiger partial charge in [-0.2, -0.15) is 4.31 Å². The minimum absolute atomic E-state index is 0.0300. The van der Waals surface area contributed by atoms with E-state index < -0.39 is 74.6 Å². The number of sulfonamides is 1. The van der Waals surface area contributed by atoms with Crippen LogP contribution in [0, 0.1) is 35.0 Å². The van der Waals surface area contributed by atoms with Gasteiger partial charge >= 0.3 is 6.03 Å². The Morgan fingerprint density at radius 2 is 1.63 bits per heavy atom. The molecule has 52 heavy (non-hydrogen) atoms. The minimum atomic E-state index is -3.87. The summed E-state index contributed by atoms with van der Waals surface area (Å²) in [6.07, 6.45) is 2.23. The standard InChI is InChI=1S/C38H60N6O7S/c1-13-17-25(30(45)33(47)39-20-14-2)40-32(46)29-28-24(38(28,10)11)21-44(29)34(48)31(37(7,8)9)42-35(49)41-27(36(4,5)6)22-43(12)52(50,51)26-19-16-15-18-23(26)3/h14-16,18-19,24-25,27-29,31H,2,13,17,20-22H2,1,3-12H3,(H,39,47)(H,40,46)(H2,41,42,49)/t24-,25?,27+,28-,29-,31+/m0/s1. The van der Waals surface area contributed by atoms with Crippen molar-refractivity contribution in [1.82, 2.24) is 30.5 Å². The number of Topliss-reactive ketones (excluding diaryl/α,β-unsaturated/α-hetero) is 1. The maximum absolute atomic E-state index is 14.4. The molecule has 2 fully saturated rings. The van der Waals surface area contributed by atoms with Gasteiger partial charge in [0.1, 0.15) is 12.1 Å². The number of likely N-dealkylation sites (tertiary alicyclic amines) is 1. The van der Waals surface area contributed by atoms with E-state index in [0.717, 1.165) is 0 Å². The van der Waals surface area contributed by atoms with E-state index in [1.807, 2.05) is 62.3 Å². The fourth-order valence-corrected chi connectivity index (χ4v) is 8.50. The van der Waals surface area contributed by atoms with Gasteiger partial charge in [0.05, 0.1) is 10.9 Å². The number of fused-ring (bicyclic) bond motifs is 1. The number of piperidine rings is 1.